The van der Waals surface area contributed by atoms with Crippen molar-refractivity contribution in [3.8, 4) is 0 Å². The van der Waals surface area contributed by atoms with Gasteiger partial charge < -0.3 is 5.11 Å². The van der Waals surface area contributed by atoms with Crippen LogP contribution < -0.4 is 0 Å². The van der Waals surface area contributed by atoms with Crippen molar-refractivity contribution in [2.45, 2.75) is 59.0 Å². The first-order valence-corrected chi connectivity index (χ1v) is 7.50. The molecule has 0 bridgehead atoms. The van der Waals surface area contributed by atoms with Crippen molar-refractivity contribution in [1.82, 2.24) is 4.90 Å². The average molecular weight is 275 g/mol. The van der Waals surface area contributed by atoms with Crippen molar-refractivity contribution in [1.29, 1.82) is 0 Å². The van der Waals surface area contributed by atoms with Gasteiger partial charge in [0.1, 0.15) is 0 Å². The summed E-state index contributed by atoms with van der Waals surface area (Å²) in [5.74, 6) is -0.723. The predicted octanol–water partition coefficient (Wildman–Crippen LogP) is 3.44. The van der Waals surface area contributed by atoms with Gasteiger partial charge in [-0.05, 0) is 50.3 Å². The lowest BCUT2D eigenvalue weighted by Crippen LogP contribution is -2.37. The van der Waals surface area contributed by atoms with Gasteiger partial charge in [-0.15, -0.1) is 0 Å². The van der Waals surface area contributed by atoms with Crippen molar-refractivity contribution in [3.05, 3.63) is 34.4 Å². The summed E-state index contributed by atoms with van der Waals surface area (Å²) in [6, 6.07) is 4.82. The van der Waals surface area contributed by atoms with E-state index in [4.69, 9.17) is 5.11 Å². The van der Waals surface area contributed by atoms with Crippen molar-refractivity contribution in [3.63, 3.8) is 0 Å². The minimum absolute atomic E-state index is 0.150. The van der Waals surface area contributed by atoms with Crippen molar-refractivity contribution >= 4 is 5.97 Å². The van der Waals surface area contributed by atoms with Crippen LogP contribution in [-0.2, 0) is 11.3 Å². The molecule has 0 saturated heterocycles. The molecule has 2 rings (SSSR count). The highest BCUT2D eigenvalue weighted by Gasteiger charge is 2.25. The summed E-state index contributed by atoms with van der Waals surface area (Å²) in [5, 5.41) is 9.16. The molecule has 0 spiro atoms. The van der Waals surface area contributed by atoms with Crippen LogP contribution in [0.3, 0.4) is 0 Å². The molecule has 1 aromatic rings. The molecule has 1 aliphatic carbocycles. The minimum atomic E-state index is -0.723. The van der Waals surface area contributed by atoms with Gasteiger partial charge in [0, 0.05) is 12.6 Å². The zero-order valence-electron chi connectivity index (χ0n) is 12.8. The second kappa shape index (κ2) is 6.40. The molecule has 110 valence electrons. The Hall–Kier alpha value is -1.35. The van der Waals surface area contributed by atoms with E-state index in [0.717, 1.165) is 19.4 Å². The summed E-state index contributed by atoms with van der Waals surface area (Å²) in [6.45, 7) is 7.27. The van der Waals surface area contributed by atoms with Crippen molar-refractivity contribution < 1.29 is 9.90 Å². The first-order valence-electron chi connectivity index (χ1n) is 7.50. The normalized spacial score (nSPS) is 16.0. The van der Waals surface area contributed by atoms with Gasteiger partial charge in [0.2, 0.25) is 0 Å². The Morgan fingerprint density at radius 1 is 1.20 bits per heavy atom. The molecule has 1 N–H and O–H groups in total. The molecule has 0 heterocycles. The highest BCUT2D eigenvalue weighted by atomic mass is 16.4. The second-order valence-electron chi connectivity index (χ2n) is 6.11. The topological polar surface area (TPSA) is 40.5 Å². The first-order chi connectivity index (χ1) is 9.47. The number of carbonyl (C=O) groups is 1. The number of carboxylic acid groups (broad SMARTS) is 1. The van der Waals surface area contributed by atoms with E-state index in [1.807, 2.05) is 0 Å². The predicted molar refractivity (Wildman–Crippen MR) is 81.0 cm³/mol. The van der Waals surface area contributed by atoms with Crippen LogP contribution in [0.1, 0.15) is 47.9 Å². The van der Waals surface area contributed by atoms with E-state index in [0.29, 0.717) is 6.04 Å². The summed E-state index contributed by atoms with van der Waals surface area (Å²) in [7, 11) is 0. The lowest BCUT2D eigenvalue weighted by molar-refractivity contribution is -0.139. The molecule has 1 fully saturated rings. The monoisotopic (exact) mass is 275 g/mol. The van der Waals surface area contributed by atoms with Crippen LogP contribution in [-0.4, -0.2) is 28.6 Å². The van der Waals surface area contributed by atoms with E-state index in [-0.39, 0.29) is 6.54 Å². The summed E-state index contributed by atoms with van der Waals surface area (Å²) in [6.07, 6.45) is 4.73. The third-order valence-electron chi connectivity index (χ3n) is 4.38. The molecular formula is C17H25NO2. The molecule has 1 saturated carbocycles. The van der Waals surface area contributed by atoms with E-state index in [9.17, 15) is 4.79 Å². The Morgan fingerprint density at radius 3 is 2.25 bits per heavy atom. The van der Waals surface area contributed by atoms with E-state index in [1.54, 1.807) is 0 Å². The Balaban J connectivity index is 2.20. The van der Waals surface area contributed by atoms with Crippen LogP contribution in [0, 0.1) is 20.8 Å². The van der Waals surface area contributed by atoms with Crippen LogP contribution in [0.4, 0.5) is 0 Å². The summed E-state index contributed by atoms with van der Waals surface area (Å²) in [5.41, 5.74) is 5.12. The molecule has 1 aromatic carbocycles. The van der Waals surface area contributed by atoms with Gasteiger partial charge in [-0.1, -0.05) is 30.5 Å². The van der Waals surface area contributed by atoms with Gasteiger partial charge in [0.25, 0.3) is 0 Å². The molecule has 0 amide bonds. The Morgan fingerprint density at radius 2 is 1.75 bits per heavy atom. The number of aryl methyl sites for hydroxylation is 3. The lowest BCUT2D eigenvalue weighted by Gasteiger charge is -2.28. The first kappa shape index (κ1) is 15.0. The fourth-order valence-electron chi connectivity index (χ4n) is 3.42. The van der Waals surface area contributed by atoms with Crippen molar-refractivity contribution in [2.75, 3.05) is 6.54 Å². The summed E-state index contributed by atoms with van der Waals surface area (Å²) >= 11 is 0. The van der Waals surface area contributed by atoms with Gasteiger partial charge >= 0.3 is 5.97 Å². The van der Waals surface area contributed by atoms with Crippen LogP contribution >= 0.6 is 0 Å². The zero-order chi connectivity index (χ0) is 14.7. The van der Waals surface area contributed by atoms with Gasteiger partial charge in [0.15, 0.2) is 0 Å². The maximum atomic E-state index is 11.1. The standard InChI is InChI=1S/C17H25NO2/c1-12-8-13(2)16(14(3)9-12)10-18(11-17(19)20)15-6-4-5-7-15/h8-9,15H,4-7,10-11H2,1-3H3,(H,19,20). The second-order valence-corrected chi connectivity index (χ2v) is 6.11. The van der Waals surface area contributed by atoms with Crippen LogP contribution in [0.5, 0.6) is 0 Å². The van der Waals surface area contributed by atoms with E-state index >= 15 is 0 Å². The number of benzene rings is 1. The number of hydrogen-bond acceptors (Lipinski definition) is 2. The summed E-state index contributed by atoms with van der Waals surface area (Å²) < 4.78 is 0. The van der Waals surface area contributed by atoms with E-state index in [2.05, 4.69) is 37.8 Å². The van der Waals surface area contributed by atoms with Crippen LogP contribution in [0.25, 0.3) is 0 Å². The van der Waals surface area contributed by atoms with E-state index in [1.165, 1.54) is 35.1 Å². The molecule has 0 aliphatic heterocycles. The zero-order valence-corrected chi connectivity index (χ0v) is 12.8. The van der Waals surface area contributed by atoms with E-state index < -0.39 is 5.97 Å². The number of carboxylic acids is 1. The largest absolute Gasteiger partial charge is 0.480 e. The van der Waals surface area contributed by atoms with Gasteiger partial charge in [-0.3, -0.25) is 9.69 Å². The highest BCUT2D eigenvalue weighted by molar-refractivity contribution is 5.69. The molecule has 0 atom stereocenters. The molecule has 0 radical (unpaired) electrons. The molecule has 3 heteroatoms. The van der Waals surface area contributed by atoms with Gasteiger partial charge in [0.05, 0.1) is 6.54 Å². The molecule has 1 aliphatic rings. The third-order valence-corrected chi connectivity index (χ3v) is 4.38. The fraction of sp³-hybridized carbons (Fsp3) is 0.588. The molecular weight excluding hydrogens is 250 g/mol. The smallest absolute Gasteiger partial charge is 0.317 e. The van der Waals surface area contributed by atoms with Crippen molar-refractivity contribution in [2.24, 2.45) is 0 Å². The number of rotatable bonds is 5. The number of aliphatic carboxylic acids is 1. The quantitative estimate of drug-likeness (QED) is 0.895. The molecule has 3 nitrogen and oxygen atoms in total. The number of hydrogen-bond donors (Lipinski definition) is 1. The highest BCUT2D eigenvalue weighted by Crippen LogP contribution is 2.26. The third kappa shape index (κ3) is 3.60. The fourth-order valence-corrected chi connectivity index (χ4v) is 3.42. The SMILES string of the molecule is Cc1cc(C)c(CN(CC(=O)O)C2CCCC2)c(C)c1. The Kier molecular flexibility index (Phi) is 4.81. The molecule has 20 heavy (non-hydrogen) atoms. The van der Waals surface area contributed by atoms with Crippen LogP contribution in [0.15, 0.2) is 12.1 Å². The minimum Gasteiger partial charge on any atom is -0.480 e. The average Bonchev–Trinajstić information content (AvgIpc) is 2.85. The Bertz CT molecular complexity index is 467. The van der Waals surface area contributed by atoms with Gasteiger partial charge in [-0.25, -0.2) is 0 Å². The molecule has 0 aromatic heterocycles. The van der Waals surface area contributed by atoms with Crippen LogP contribution in [0.2, 0.25) is 0 Å². The Labute approximate surface area is 121 Å². The van der Waals surface area contributed by atoms with Gasteiger partial charge in [-0.2, -0.15) is 0 Å². The summed E-state index contributed by atoms with van der Waals surface area (Å²) in [4.78, 5) is 13.3. The molecule has 0 unspecified atom stereocenters. The number of nitrogens with zero attached hydrogens (tertiary/aromatic N) is 1. The lowest BCUT2D eigenvalue weighted by atomic mass is 9.98. The maximum Gasteiger partial charge on any atom is 0.317 e. The maximum absolute atomic E-state index is 11.1.